The fraction of sp³-hybridized carbons (Fsp3) is 0.105. The van der Waals surface area contributed by atoms with E-state index in [2.05, 4.69) is 5.32 Å². The summed E-state index contributed by atoms with van der Waals surface area (Å²) >= 11 is 6.61. The van der Waals surface area contributed by atoms with Crippen molar-refractivity contribution in [2.24, 2.45) is 0 Å². The first-order valence-corrected chi connectivity index (χ1v) is 9.27. The molecule has 1 saturated heterocycles. The zero-order valence-corrected chi connectivity index (χ0v) is 16.2. The molecule has 144 valence electrons. The Balaban J connectivity index is 1.72. The van der Waals surface area contributed by atoms with Crippen molar-refractivity contribution in [3.05, 3.63) is 57.5 Å². The molecule has 0 atom stereocenters. The van der Waals surface area contributed by atoms with Crippen LogP contribution in [0.5, 0.6) is 11.5 Å². The molecule has 0 aromatic heterocycles. The van der Waals surface area contributed by atoms with Gasteiger partial charge in [0.25, 0.3) is 11.1 Å². The number of anilines is 1. The molecule has 0 saturated carbocycles. The van der Waals surface area contributed by atoms with Gasteiger partial charge in [-0.15, -0.1) is 0 Å². The van der Waals surface area contributed by atoms with E-state index in [-0.39, 0.29) is 16.4 Å². The first-order chi connectivity index (χ1) is 13.2. The SMILES string of the molecule is Cc1ccc(Cl)cc1NC(=O)CN1C(=O)S/C(=C/c2ccc(O)c(O)c2)C1=O. The molecule has 3 rings (SSSR count). The molecule has 3 amide bonds. The molecule has 1 fully saturated rings. The summed E-state index contributed by atoms with van der Waals surface area (Å²) in [5, 5.41) is 21.4. The van der Waals surface area contributed by atoms with E-state index in [1.54, 1.807) is 25.1 Å². The molecule has 1 aliphatic heterocycles. The van der Waals surface area contributed by atoms with Crippen LogP contribution in [0.25, 0.3) is 6.08 Å². The lowest BCUT2D eigenvalue weighted by molar-refractivity contribution is -0.127. The molecule has 9 heteroatoms. The Morgan fingerprint density at radius 3 is 2.64 bits per heavy atom. The number of imide groups is 1. The average molecular weight is 419 g/mol. The van der Waals surface area contributed by atoms with Gasteiger partial charge in [-0.3, -0.25) is 19.3 Å². The van der Waals surface area contributed by atoms with Gasteiger partial charge < -0.3 is 15.5 Å². The highest BCUT2D eigenvalue weighted by Crippen LogP contribution is 2.33. The Morgan fingerprint density at radius 1 is 1.18 bits per heavy atom. The molecule has 1 heterocycles. The minimum atomic E-state index is -0.611. The number of nitrogens with one attached hydrogen (secondary N) is 1. The van der Waals surface area contributed by atoms with Crippen molar-refractivity contribution >= 4 is 52.2 Å². The number of aryl methyl sites for hydroxylation is 1. The van der Waals surface area contributed by atoms with Gasteiger partial charge >= 0.3 is 0 Å². The Bertz CT molecular complexity index is 1020. The number of carbonyl (C=O) groups is 3. The number of hydrogen-bond donors (Lipinski definition) is 3. The van der Waals surface area contributed by atoms with Crippen molar-refractivity contribution in [3.63, 3.8) is 0 Å². The number of halogens is 1. The number of rotatable bonds is 4. The van der Waals surface area contributed by atoms with Crippen molar-refractivity contribution in [1.29, 1.82) is 0 Å². The Morgan fingerprint density at radius 2 is 1.93 bits per heavy atom. The third-order valence-corrected chi connectivity index (χ3v) is 5.09. The highest BCUT2D eigenvalue weighted by Gasteiger charge is 2.36. The van der Waals surface area contributed by atoms with E-state index in [1.165, 1.54) is 24.3 Å². The number of phenolic OH excluding ortho intramolecular Hbond substituents is 2. The highest BCUT2D eigenvalue weighted by molar-refractivity contribution is 8.18. The second-order valence-electron chi connectivity index (χ2n) is 6.02. The topological polar surface area (TPSA) is 107 Å². The summed E-state index contributed by atoms with van der Waals surface area (Å²) in [4.78, 5) is 37.9. The van der Waals surface area contributed by atoms with Gasteiger partial charge in [-0.25, -0.2) is 0 Å². The second kappa shape index (κ2) is 7.95. The van der Waals surface area contributed by atoms with Gasteiger partial charge in [-0.1, -0.05) is 23.7 Å². The summed E-state index contributed by atoms with van der Waals surface area (Å²) in [6.45, 7) is 1.36. The average Bonchev–Trinajstić information content (AvgIpc) is 2.89. The molecular formula is C19H15ClN2O5S. The maximum absolute atomic E-state index is 12.5. The number of aromatic hydroxyl groups is 2. The van der Waals surface area contributed by atoms with Crippen molar-refractivity contribution < 1.29 is 24.6 Å². The summed E-state index contributed by atoms with van der Waals surface area (Å²) < 4.78 is 0. The van der Waals surface area contributed by atoms with Gasteiger partial charge in [0.15, 0.2) is 11.5 Å². The zero-order chi connectivity index (χ0) is 20.4. The number of carbonyl (C=O) groups excluding carboxylic acids is 3. The van der Waals surface area contributed by atoms with Gasteiger partial charge in [-0.05, 0) is 60.2 Å². The first kappa shape index (κ1) is 19.8. The Kier molecular flexibility index (Phi) is 5.62. The molecule has 2 aromatic rings. The third kappa shape index (κ3) is 4.29. The van der Waals surface area contributed by atoms with Gasteiger partial charge in [0.05, 0.1) is 4.91 Å². The lowest BCUT2D eigenvalue weighted by Gasteiger charge is -2.13. The van der Waals surface area contributed by atoms with Crippen LogP contribution in [0, 0.1) is 6.92 Å². The monoisotopic (exact) mass is 418 g/mol. The van der Waals surface area contributed by atoms with Crippen LogP contribution in [0.3, 0.4) is 0 Å². The van der Waals surface area contributed by atoms with Crippen LogP contribution >= 0.6 is 23.4 Å². The summed E-state index contributed by atoms with van der Waals surface area (Å²) in [5.41, 5.74) is 1.72. The fourth-order valence-corrected chi connectivity index (χ4v) is 3.49. The van der Waals surface area contributed by atoms with Crippen LogP contribution < -0.4 is 5.32 Å². The fourth-order valence-electron chi connectivity index (χ4n) is 2.48. The highest BCUT2D eigenvalue weighted by atomic mass is 35.5. The molecule has 0 spiro atoms. The summed E-state index contributed by atoms with van der Waals surface area (Å²) in [6.07, 6.45) is 1.41. The molecule has 28 heavy (non-hydrogen) atoms. The van der Waals surface area contributed by atoms with E-state index in [1.807, 2.05) is 0 Å². The van der Waals surface area contributed by atoms with Gasteiger partial charge in [0.2, 0.25) is 5.91 Å². The van der Waals surface area contributed by atoms with Crippen molar-refractivity contribution in [3.8, 4) is 11.5 Å². The predicted octanol–water partition coefficient (Wildman–Crippen LogP) is 3.73. The van der Waals surface area contributed by atoms with Crippen LogP contribution in [0.4, 0.5) is 10.5 Å². The van der Waals surface area contributed by atoms with Gasteiger partial charge in [0, 0.05) is 10.7 Å². The second-order valence-corrected chi connectivity index (χ2v) is 7.45. The first-order valence-electron chi connectivity index (χ1n) is 8.08. The third-order valence-electron chi connectivity index (χ3n) is 3.95. The van der Waals surface area contributed by atoms with Gasteiger partial charge in [0.1, 0.15) is 6.54 Å². The van der Waals surface area contributed by atoms with E-state index in [0.717, 1.165) is 10.5 Å². The number of nitrogens with zero attached hydrogens (tertiary/aromatic N) is 1. The van der Waals surface area contributed by atoms with Crippen molar-refractivity contribution in [1.82, 2.24) is 4.90 Å². The number of phenols is 2. The van der Waals surface area contributed by atoms with Gasteiger partial charge in [-0.2, -0.15) is 0 Å². The van der Waals surface area contributed by atoms with E-state index in [9.17, 15) is 24.6 Å². The van der Waals surface area contributed by atoms with E-state index in [4.69, 9.17) is 11.6 Å². The summed E-state index contributed by atoms with van der Waals surface area (Å²) in [5.74, 6) is -1.78. The molecule has 2 aromatic carbocycles. The lowest BCUT2D eigenvalue weighted by Crippen LogP contribution is -2.36. The van der Waals surface area contributed by atoms with Crippen LogP contribution in [0.15, 0.2) is 41.3 Å². The molecule has 0 unspecified atom stereocenters. The van der Waals surface area contributed by atoms with Crippen LogP contribution in [-0.2, 0) is 9.59 Å². The minimum Gasteiger partial charge on any atom is -0.504 e. The lowest BCUT2D eigenvalue weighted by atomic mass is 10.2. The maximum Gasteiger partial charge on any atom is 0.294 e. The number of thioether (sulfide) groups is 1. The maximum atomic E-state index is 12.5. The number of benzene rings is 2. The molecule has 0 bridgehead atoms. The van der Waals surface area contributed by atoms with E-state index in [0.29, 0.717) is 28.0 Å². The van der Waals surface area contributed by atoms with Crippen molar-refractivity contribution in [2.45, 2.75) is 6.92 Å². The summed E-state index contributed by atoms with van der Waals surface area (Å²) in [7, 11) is 0. The van der Waals surface area contributed by atoms with Crippen molar-refractivity contribution in [2.75, 3.05) is 11.9 Å². The molecule has 0 aliphatic carbocycles. The Labute approximate surface area is 169 Å². The predicted molar refractivity (Wildman–Crippen MR) is 107 cm³/mol. The molecular weight excluding hydrogens is 404 g/mol. The largest absolute Gasteiger partial charge is 0.504 e. The molecule has 1 aliphatic rings. The standard InChI is InChI=1S/C19H15ClN2O5S/c1-10-2-4-12(20)8-13(10)21-17(25)9-22-18(26)16(28-19(22)27)7-11-3-5-14(23)15(24)6-11/h2-8,23-24H,9H2,1H3,(H,21,25)/b16-7+. The van der Waals surface area contributed by atoms with E-state index < -0.39 is 23.6 Å². The minimum absolute atomic E-state index is 0.113. The normalized spacial score (nSPS) is 15.4. The van der Waals surface area contributed by atoms with Crippen LogP contribution in [-0.4, -0.2) is 38.7 Å². The van der Waals surface area contributed by atoms with Crippen LogP contribution in [0.1, 0.15) is 11.1 Å². The zero-order valence-electron chi connectivity index (χ0n) is 14.6. The summed E-state index contributed by atoms with van der Waals surface area (Å²) in [6, 6.07) is 9.03. The number of amides is 3. The Hall–Kier alpha value is -2.97. The van der Waals surface area contributed by atoms with E-state index >= 15 is 0 Å². The molecule has 7 nitrogen and oxygen atoms in total. The molecule has 0 radical (unpaired) electrons. The van der Waals surface area contributed by atoms with Crippen LogP contribution in [0.2, 0.25) is 5.02 Å². The number of hydrogen-bond acceptors (Lipinski definition) is 6. The quantitative estimate of drug-likeness (QED) is 0.516. The molecule has 3 N–H and O–H groups in total. The smallest absolute Gasteiger partial charge is 0.294 e.